The van der Waals surface area contributed by atoms with Crippen LogP contribution >= 0.6 is 0 Å². The van der Waals surface area contributed by atoms with E-state index in [2.05, 4.69) is 9.97 Å². The SMILES string of the molecule is Cc1nccc(OC2CCCN(C(=O)CN3CCN(c4ccc(F)cc4)C3=O)C2)n1. The summed E-state index contributed by atoms with van der Waals surface area (Å²) in [5, 5.41) is 0. The second-order valence-corrected chi connectivity index (χ2v) is 7.50. The van der Waals surface area contributed by atoms with E-state index in [1.54, 1.807) is 41.1 Å². The molecule has 0 saturated carbocycles. The van der Waals surface area contributed by atoms with Gasteiger partial charge in [-0.1, -0.05) is 0 Å². The number of aromatic nitrogens is 2. The lowest BCUT2D eigenvalue weighted by atomic mass is 10.1. The molecular formula is C21H24FN5O3. The number of urea groups is 1. The number of ether oxygens (including phenoxy) is 1. The molecule has 2 aromatic rings. The number of rotatable bonds is 5. The highest BCUT2D eigenvalue weighted by molar-refractivity contribution is 5.96. The minimum absolute atomic E-state index is 0.0237. The molecule has 158 valence electrons. The normalized spacial score (nSPS) is 19.3. The highest BCUT2D eigenvalue weighted by Crippen LogP contribution is 2.21. The van der Waals surface area contributed by atoms with Gasteiger partial charge in [0.1, 0.15) is 24.3 Å². The minimum Gasteiger partial charge on any atom is -0.472 e. The van der Waals surface area contributed by atoms with Crippen molar-refractivity contribution in [3.8, 4) is 5.88 Å². The van der Waals surface area contributed by atoms with Gasteiger partial charge in [-0.05, 0) is 44.0 Å². The molecule has 1 aromatic heterocycles. The number of anilines is 1. The number of benzene rings is 1. The van der Waals surface area contributed by atoms with Crippen LogP contribution in [0.2, 0.25) is 0 Å². The van der Waals surface area contributed by atoms with Gasteiger partial charge in [0.15, 0.2) is 0 Å². The number of amides is 3. The Morgan fingerprint density at radius 2 is 2.00 bits per heavy atom. The van der Waals surface area contributed by atoms with Crippen molar-refractivity contribution in [2.45, 2.75) is 25.9 Å². The average molecular weight is 413 g/mol. The van der Waals surface area contributed by atoms with E-state index in [4.69, 9.17) is 4.74 Å². The Morgan fingerprint density at radius 3 is 2.77 bits per heavy atom. The molecule has 2 saturated heterocycles. The zero-order valence-electron chi connectivity index (χ0n) is 16.8. The molecule has 3 heterocycles. The Morgan fingerprint density at radius 1 is 1.20 bits per heavy atom. The van der Waals surface area contributed by atoms with Gasteiger partial charge >= 0.3 is 6.03 Å². The van der Waals surface area contributed by atoms with Crippen LogP contribution in [0.15, 0.2) is 36.5 Å². The maximum atomic E-state index is 13.1. The fraction of sp³-hybridized carbons (Fsp3) is 0.429. The number of carbonyl (C=O) groups excluding carboxylic acids is 2. The third-order valence-electron chi connectivity index (χ3n) is 5.33. The quantitative estimate of drug-likeness (QED) is 0.751. The number of halogens is 1. The molecule has 2 aliphatic rings. The Labute approximate surface area is 174 Å². The Bertz CT molecular complexity index is 923. The fourth-order valence-corrected chi connectivity index (χ4v) is 3.79. The fourth-order valence-electron chi connectivity index (χ4n) is 3.79. The van der Waals surface area contributed by atoms with E-state index in [0.717, 1.165) is 12.8 Å². The highest BCUT2D eigenvalue weighted by atomic mass is 19.1. The maximum absolute atomic E-state index is 13.1. The molecule has 2 fully saturated rings. The van der Waals surface area contributed by atoms with Gasteiger partial charge in [-0.3, -0.25) is 9.69 Å². The standard InChI is InChI=1S/C21H24FN5O3/c1-15-23-9-8-19(24-15)30-18-3-2-10-25(13-18)20(28)14-26-11-12-27(21(26)29)17-6-4-16(22)5-7-17/h4-9,18H,2-3,10-14H2,1H3. The molecule has 3 amide bonds. The number of hydrogen-bond donors (Lipinski definition) is 0. The first-order valence-electron chi connectivity index (χ1n) is 10.1. The van der Waals surface area contributed by atoms with Crippen molar-refractivity contribution in [1.82, 2.24) is 19.8 Å². The third-order valence-corrected chi connectivity index (χ3v) is 5.33. The minimum atomic E-state index is -0.351. The summed E-state index contributed by atoms with van der Waals surface area (Å²) in [5.74, 6) is 0.689. The molecule has 1 atom stereocenters. The molecule has 0 N–H and O–H groups in total. The number of nitrogens with zero attached hydrogens (tertiary/aromatic N) is 5. The average Bonchev–Trinajstić information content (AvgIpc) is 3.09. The van der Waals surface area contributed by atoms with Crippen LogP contribution in [0.4, 0.5) is 14.9 Å². The molecular weight excluding hydrogens is 389 g/mol. The van der Waals surface area contributed by atoms with E-state index < -0.39 is 0 Å². The van der Waals surface area contributed by atoms with Crippen molar-refractivity contribution in [3.05, 3.63) is 48.2 Å². The first kappa shape index (κ1) is 20.1. The van der Waals surface area contributed by atoms with Crippen LogP contribution in [0.3, 0.4) is 0 Å². The molecule has 1 aromatic carbocycles. The molecule has 30 heavy (non-hydrogen) atoms. The van der Waals surface area contributed by atoms with Crippen LogP contribution < -0.4 is 9.64 Å². The van der Waals surface area contributed by atoms with E-state index in [9.17, 15) is 14.0 Å². The van der Waals surface area contributed by atoms with Gasteiger partial charge < -0.3 is 14.5 Å². The van der Waals surface area contributed by atoms with Crippen LogP contribution in [0, 0.1) is 12.7 Å². The van der Waals surface area contributed by atoms with Crippen LogP contribution in [0.5, 0.6) is 5.88 Å². The molecule has 9 heteroatoms. The van der Waals surface area contributed by atoms with E-state index in [0.29, 0.717) is 43.6 Å². The number of aryl methyl sites for hydroxylation is 1. The molecule has 1 unspecified atom stereocenters. The van der Waals surface area contributed by atoms with Gasteiger partial charge in [-0.2, -0.15) is 4.98 Å². The first-order chi connectivity index (χ1) is 14.5. The van der Waals surface area contributed by atoms with Gasteiger partial charge in [0.25, 0.3) is 0 Å². The first-order valence-corrected chi connectivity index (χ1v) is 10.1. The van der Waals surface area contributed by atoms with Crippen LogP contribution in [0.1, 0.15) is 18.7 Å². The predicted octanol–water partition coefficient (Wildman–Crippen LogP) is 2.24. The second kappa shape index (κ2) is 8.64. The van der Waals surface area contributed by atoms with Gasteiger partial charge in [0.2, 0.25) is 11.8 Å². The van der Waals surface area contributed by atoms with Crippen LogP contribution in [-0.4, -0.2) is 70.5 Å². The summed E-state index contributed by atoms with van der Waals surface area (Å²) in [6, 6.07) is 7.25. The summed E-state index contributed by atoms with van der Waals surface area (Å²) >= 11 is 0. The van der Waals surface area contributed by atoms with Crippen molar-refractivity contribution in [2.75, 3.05) is 37.6 Å². The monoisotopic (exact) mass is 413 g/mol. The van der Waals surface area contributed by atoms with Gasteiger partial charge in [-0.25, -0.2) is 14.2 Å². The van der Waals surface area contributed by atoms with E-state index in [1.165, 1.54) is 17.0 Å². The second-order valence-electron chi connectivity index (χ2n) is 7.50. The number of piperidine rings is 1. The highest BCUT2D eigenvalue weighted by Gasteiger charge is 2.33. The van der Waals surface area contributed by atoms with Crippen molar-refractivity contribution in [2.24, 2.45) is 0 Å². The third kappa shape index (κ3) is 4.50. The topological polar surface area (TPSA) is 78.9 Å². The lowest BCUT2D eigenvalue weighted by Crippen LogP contribution is -2.48. The Balaban J connectivity index is 1.33. The molecule has 0 bridgehead atoms. The van der Waals surface area contributed by atoms with Gasteiger partial charge in [0.05, 0.1) is 6.54 Å². The van der Waals surface area contributed by atoms with Crippen molar-refractivity contribution < 1.29 is 18.7 Å². The van der Waals surface area contributed by atoms with E-state index >= 15 is 0 Å². The summed E-state index contributed by atoms with van der Waals surface area (Å²) in [6.07, 6.45) is 3.18. The summed E-state index contributed by atoms with van der Waals surface area (Å²) in [7, 11) is 0. The number of hydrogen-bond acceptors (Lipinski definition) is 5. The van der Waals surface area contributed by atoms with Crippen molar-refractivity contribution in [1.29, 1.82) is 0 Å². The Kier molecular flexibility index (Phi) is 5.78. The molecule has 0 aliphatic carbocycles. The largest absolute Gasteiger partial charge is 0.472 e. The zero-order valence-corrected chi connectivity index (χ0v) is 16.8. The predicted molar refractivity (Wildman–Crippen MR) is 108 cm³/mol. The number of likely N-dealkylation sites (tertiary alicyclic amines) is 1. The van der Waals surface area contributed by atoms with Crippen molar-refractivity contribution in [3.63, 3.8) is 0 Å². The summed E-state index contributed by atoms with van der Waals surface area (Å²) < 4.78 is 19.1. The van der Waals surface area contributed by atoms with E-state index in [-0.39, 0.29) is 30.4 Å². The number of carbonyl (C=O) groups is 2. The summed E-state index contributed by atoms with van der Waals surface area (Å²) in [5.41, 5.74) is 0.628. The van der Waals surface area contributed by atoms with Crippen LogP contribution in [0.25, 0.3) is 0 Å². The van der Waals surface area contributed by atoms with E-state index in [1.807, 2.05) is 0 Å². The molecule has 4 rings (SSSR count). The Hall–Kier alpha value is -3.23. The summed E-state index contributed by atoms with van der Waals surface area (Å²) in [4.78, 5) is 38.7. The maximum Gasteiger partial charge on any atom is 0.325 e. The van der Waals surface area contributed by atoms with Gasteiger partial charge in [-0.15, -0.1) is 0 Å². The smallest absolute Gasteiger partial charge is 0.325 e. The van der Waals surface area contributed by atoms with Gasteiger partial charge in [0, 0.05) is 37.6 Å². The molecule has 2 aliphatic heterocycles. The zero-order chi connectivity index (χ0) is 21.1. The lowest BCUT2D eigenvalue weighted by molar-refractivity contribution is -0.134. The van der Waals surface area contributed by atoms with Crippen LogP contribution in [-0.2, 0) is 4.79 Å². The molecule has 8 nitrogen and oxygen atoms in total. The summed E-state index contributed by atoms with van der Waals surface area (Å²) in [6.45, 7) is 3.85. The molecule has 0 spiro atoms. The lowest BCUT2D eigenvalue weighted by Gasteiger charge is -2.33. The molecule has 0 radical (unpaired) electrons. The van der Waals surface area contributed by atoms with Crippen molar-refractivity contribution >= 4 is 17.6 Å².